The highest BCUT2D eigenvalue weighted by Gasteiger charge is 2.10. The van der Waals surface area contributed by atoms with Crippen molar-refractivity contribution in [3.05, 3.63) is 0 Å². The van der Waals surface area contributed by atoms with Crippen molar-refractivity contribution in [1.29, 1.82) is 0 Å². The molecule has 14 heavy (non-hydrogen) atoms. The molecule has 0 aliphatic heterocycles. The van der Waals surface area contributed by atoms with E-state index in [1.165, 1.54) is 0 Å². The van der Waals surface area contributed by atoms with Gasteiger partial charge in [0.15, 0.2) is 0 Å². The molecule has 0 amide bonds. The largest absolute Gasteiger partial charge is 0.483 e. The number of rotatable bonds is 5. The summed E-state index contributed by atoms with van der Waals surface area (Å²) >= 11 is 0. The summed E-state index contributed by atoms with van der Waals surface area (Å²) in [6, 6.07) is 0. The molecular weight excluding hydrogens is 196 g/mol. The number of carboxylic acid groups (broad SMARTS) is 3. The van der Waals surface area contributed by atoms with Gasteiger partial charge >= 0.3 is 11.9 Å². The minimum atomic E-state index is -1.50. The first-order valence-electron chi connectivity index (χ1n) is 3.51. The lowest BCUT2D eigenvalue weighted by Gasteiger charge is -1.91. The van der Waals surface area contributed by atoms with Gasteiger partial charge in [-0.2, -0.15) is 0 Å². The molecule has 0 radical (unpaired) electrons. The Morgan fingerprint density at radius 3 is 1.79 bits per heavy atom. The van der Waals surface area contributed by atoms with Crippen molar-refractivity contribution in [2.75, 3.05) is 0 Å². The van der Waals surface area contributed by atoms with E-state index in [1.54, 1.807) is 0 Å². The normalized spacial score (nSPS) is 8.00. The zero-order valence-corrected chi connectivity index (χ0v) is 7.17. The van der Waals surface area contributed by atoms with Crippen LogP contribution in [0.3, 0.4) is 0 Å². The van der Waals surface area contributed by atoms with E-state index in [2.05, 4.69) is 0 Å². The Morgan fingerprint density at radius 1 is 1.07 bits per heavy atom. The van der Waals surface area contributed by atoms with Crippen LogP contribution in [0, 0.1) is 0 Å². The van der Waals surface area contributed by atoms with Crippen LogP contribution in [0.1, 0.15) is 19.3 Å². The van der Waals surface area contributed by atoms with Gasteiger partial charge in [0.25, 0.3) is 6.47 Å². The average molecular weight is 206 g/mol. The first-order chi connectivity index (χ1) is 6.45. The lowest BCUT2D eigenvalue weighted by atomic mass is 10.2. The van der Waals surface area contributed by atoms with Crippen LogP contribution < -0.4 is 0 Å². The number of Topliss-reactive ketones (excluding diaryl/α,β-unsaturated/α-hetero) is 1. The number of carbonyl (C=O) groups excluding carboxylic acids is 1. The Morgan fingerprint density at radius 2 is 1.50 bits per heavy atom. The van der Waals surface area contributed by atoms with Crippen LogP contribution in [-0.4, -0.2) is 39.5 Å². The second-order valence-electron chi connectivity index (χ2n) is 2.08. The van der Waals surface area contributed by atoms with Crippen LogP contribution in [0.15, 0.2) is 0 Å². The van der Waals surface area contributed by atoms with Crippen molar-refractivity contribution in [1.82, 2.24) is 0 Å². The number of carbonyl (C=O) groups is 4. The van der Waals surface area contributed by atoms with Crippen molar-refractivity contribution < 1.29 is 34.5 Å². The second-order valence-corrected chi connectivity index (χ2v) is 2.08. The Balaban J connectivity index is 0. The zero-order chi connectivity index (χ0) is 11.6. The lowest BCUT2D eigenvalue weighted by molar-refractivity contribution is -0.149. The van der Waals surface area contributed by atoms with E-state index in [1.807, 2.05) is 0 Å². The van der Waals surface area contributed by atoms with Gasteiger partial charge in [0.2, 0.25) is 5.78 Å². The van der Waals surface area contributed by atoms with Gasteiger partial charge < -0.3 is 15.3 Å². The summed E-state index contributed by atoms with van der Waals surface area (Å²) in [6.07, 6.45) is -0.291. The predicted molar refractivity (Wildman–Crippen MR) is 42.8 cm³/mol. The van der Waals surface area contributed by atoms with Gasteiger partial charge in [-0.3, -0.25) is 14.4 Å². The third-order valence-electron chi connectivity index (χ3n) is 1.03. The molecule has 0 rings (SSSR count). The number of aliphatic carboxylic acids is 2. The van der Waals surface area contributed by atoms with Gasteiger partial charge in [0.1, 0.15) is 0 Å². The highest BCUT2D eigenvalue weighted by Crippen LogP contribution is 1.95. The van der Waals surface area contributed by atoms with E-state index in [-0.39, 0.29) is 25.7 Å². The van der Waals surface area contributed by atoms with Crippen molar-refractivity contribution in [2.24, 2.45) is 0 Å². The fraction of sp³-hybridized carbons (Fsp3) is 0.429. The Labute approximate surface area is 79.0 Å². The Kier molecular flexibility index (Phi) is 9.56. The summed E-state index contributed by atoms with van der Waals surface area (Å²) in [5.74, 6) is -3.47. The Bertz CT molecular complexity index is 220. The maximum absolute atomic E-state index is 10.3. The summed E-state index contributed by atoms with van der Waals surface area (Å²) < 4.78 is 0. The Hall–Kier alpha value is -1.92. The molecule has 0 saturated carbocycles. The summed E-state index contributed by atoms with van der Waals surface area (Å²) in [4.78, 5) is 38.5. The minimum absolute atomic E-state index is 0.0838. The molecule has 0 aromatic carbocycles. The molecule has 0 aliphatic rings. The van der Waals surface area contributed by atoms with Gasteiger partial charge in [-0.15, -0.1) is 0 Å². The topological polar surface area (TPSA) is 129 Å². The maximum atomic E-state index is 10.3. The third-order valence-corrected chi connectivity index (χ3v) is 1.03. The lowest BCUT2D eigenvalue weighted by Crippen LogP contribution is -2.12. The number of hydrogen-bond acceptors (Lipinski definition) is 4. The van der Waals surface area contributed by atoms with E-state index in [9.17, 15) is 14.4 Å². The van der Waals surface area contributed by atoms with Crippen molar-refractivity contribution in [3.63, 3.8) is 0 Å². The second kappa shape index (κ2) is 9.17. The zero-order valence-electron chi connectivity index (χ0n) is 7.17. The molecule has 0 atom stereocenters. The van der Waals surface area contributed by atoms with Crippen molar-refractivity contribution in [3.8, 4) is 0 Å². The quantitative estimate of drug-likeness (QED) is 0.412. The van der Waals surface area contributed by atoms with E-state index in [4.69, 9.17) is 20.1 Å². The third kappa shape index (κ3) is 12.7. The summed E-state index contributed by atoms with van der Waals surface area (Å²) in [5, 5.41) is 23.0. The summed E-state index contributed by atoms with van der Waals surface area (Å²) in [7, 11) is 0. The fourth-order valence-corrected chi connectivity index (χ4v) is 0.507. The van der Waals surface area contributed by atoms with Crippen LogP contribution >= 0.6 is 0 Å². The summed E-state index contributed by atoms with van der Waals surface area (Å²) in [5.41, 5.74) is 0. The van der Waals surface area contributed by atoms with Crippen molar-refractivity contribution >= 4 is 24.2 Å². The number of ketones is 1. The van der Waals surface area contributed by atoms with Crippen LogP contribution in [0.25, 0.3) is 0 Å². The van der Waals surface area contributed by atoms with Gasteiger partial charge in [-0.1, -0.05) is 0 Å². The molecule has 0 spiro atoms. The predicted octanol–water partition coefficient (Wildman–Crippen LogP) is -0.404. The van der Waals surface area contributed by atoms with Crippen molar-refractivity contribution in [2.45, 2.75) is 19.3 Å². The minimum Gasteiger partial charge on any atom is -0.483 e. The standard InChI is InChI=1S/C6H8O5.CH2O2/c7-4(6(10)11)2-1-3-5(8)9;2-1-3/h1-3H2,(H,8,9)(H,10,11);1H,(H,2,3). The molecule has 3 N–H and O–H groups in total. The highest BCUT2D eigenvalue weighted by atomic mass is 16.4. The smallest absolute Gasteiger partial charge is 0.372 e. The molecule has 0 saturated heterocycles. The van der Waals surface area contributed by atoms with Crippen LogP contribution in [-0.2, 0) is 19.2 Å². The molecular formula is C7H10O7. The van der Waals surface area contributed by atoms with Crippen LogP contribution in [0.5, 0.6) is 0 Å². The molecule has 0 aromatic heterocycles. The monoisotopic (exact) mass is 206 g/mol. The van der Waals surface area contributed by atoms with E-state index in [0.717, 1.165) is 0 Å². The molecule has 0 bridgehead atoms. The molecule has 0 fully saturated rings. The van der Waals surface area contributed by atoms with E-state index in [0.29, 0.717) is 0 Å². The van der Waals surface area contributed by atoms with E-state index < -0.39 is 17.7 Å². The van der Waals surface area contributed by atoms with Gasteiger partial charge in [0, 0.05) is 12.8 Å². The molecule has 7 heteroatoms. The first-order valence-corrected chi connectivity index (χ1v) is 3.51. The average Bonchev–Trinajstić information content (AvgIpc) is 2.04. The molecule has 0 aliphatic carbocycles. The van der Waals surface area contributed by atoms with Gasteiger partial charge in [-0.25, -0.2) is 4.79 Å². The molecule has 0 aromatic rings. The highest BCUT2D eigenvalue weighted by molar-refractivity contribution is 6.32. The fourth-order valence-electron chi connectivity index (χ4n) is 0.507. The number of carboxylic acids is 2. The SMILES string of the molecule is O=C(O)CCCC(=O)C(=O)O.O=CO. The maximum Gasteiger partial charge on any atom is 0.372 e. The molecule has 80 valence electrons. The molecule has 0 unspecified atom stereocenters. The molecule has 0 heterocycles. The summed E-state index contributed by atoms with van der Waals surface area (Å²) in [6.45, 7) is -0.250. The molecule has 7 nitrogen and oxygen atoms in total. The van der Waals surface area contributed by atoms with Gasteiger partial charge in [0.05, 0.1) is 0 Å². The first kappa shape index (κ1) is 14.6. The number of hydrogen-bond donors (Lipinski definition) is 3. The van der Waals surface area contributed by atoms with Crippen LogP contribution in [0.2, 0.25) is 0 Å². The van der Waals surface area contributed by atoms with Crippen LogP contribution in [0.4, 0.5) is 0 Å². The van der Waals surface area contributed by atoms with Gasteiger partial charge in [-0.05, 0) is 6.42 Å². The van der Waals surface area contributed by atoms with E-state index >= 15 is 0 Å².